The smallest absolute Gasteiger partial charge is 0.243 e. The van der Waals surface area contributed by atoms with Crippen molar-refractivity contribution in [2.24, 2.45) is 5.92 Å². The second-order valence-corrected chi connectivity index (χ2v) is 6.49. The van der Waals surface area contributed by atoms with Crippen molar-refractivity contribution in [1.82, 2.24) is 4.31 Å². The Morgan fingerprint density at radius 1 is 1.32 bits per heavy atom. The fourth-order valence-corrected chi connectivity index (χ4v) is 3.67. The van der Waals surface area contributed by atoms with Gasteiger partial charge in [-0.1, -0.05) is 6.07 Å². The van der Waals surface area contributed by atoms with Crippen LogP contribution in [-0.4, -0.2) is 39.2 Å². The first kappa shape index (κ1) is 14.0. The summed E-state index contributed by atoms with van der Waals surface area (Å²) in [4.78, 5) is 10.9. The fraction of sp³-hybridized carbons (Fsp3) is 0.462. The van der Waals surface area contributed by atoms with E-state index < -0.39 is 10.0 Å². The number of carbonyl (C=O) groups excluding carboxylic acids is 1. The van der Waals surface area contributed by atoms with Crippen LogP contribution in [0.25, 0.3) is 0 Å². The summed E-state index contributed by atoms with van der Waals surface area (Å²) in [7, 11) is -1.99. The van der Waals surface area contributed by atoms with Crippen LogP contribution >= 0.6 is 0 Å². The molecule has 0 aromatic heterocycles. The van der Waals surface area contributed by atoms with Crippen molar-refractivity contribution in [2.75, 3.05) is 20.2 Å². The van der Waals surface area contributed by atoms with Crippen LogP contribution in [0.3, 0.4) is 0 Å². The number of benzene rings is 1. The minimum atomic E-state index is -3.49. The van der Waals surface area contributed by atoms with Gasteiger partial charge < -0.3 is 9.53 Å². The van der Waals surface area contributed by atoms with Crippen LogP contribution in [-0.2, 0) is 14.8 Å². The van der Waals surface area contributed by atoms with E-state index in [9.17, 15) is 13.2 Å². The Morgan fingerprint density at radius 3 is 2.58 bits per heavy atom. The third-order valence-corrected chi connectivity index (χ3v) is 5.26. The number of aldehydes is 1. The van der Waals surface area contributed by atoms with E-state index in [0.717, 1.165) is 6.29 Å². The highest BCUT2D eigenvalue weighted by Crippen LogP contribution is 2.25. The first-order valence-corrected chi connectivity index (χ1v) is 7.61. The number of piperidine rings is 1. The summed E-state index contributed by atoms with van der Waals surface area (Å²) in [6.45, 7) is 0.784. The van der Waals surface area contributed by atoms with E-state index in [4.69, 9.17) is 4.74 Å². The zero-order chi connectivity index (χ0) is 13.9. The lowest BCUT2D eigenvalue weighted by atomic mass is 10.0. The highest BCUT2D eigenvalue weighted by molar-refractivity contribution is 7.89. The largest absolute Gasteiger partial charge is 0.497 e. The molecule has 0 saturated carbocycles. The molecule has 0 bridgehead atoms. The van der Waals surface area contributed by atoms with Gasteiger partial charge in [-0.2, -0.15) is 4.31 Å². The average Bonchev–Trinajstić information content (AvgIpc) is 2.47. The van der Waals surface area contributed by atoms with Gasteiger partial charge in [-0.25, -0.2) is 8.42 Å². The predicted octanol–water partition coefficient (Wildman–Crippen LogP) is 1.29. The number of methoxy groups -OCH3 is 1. The van der Waals surface area contributed by atoms with Crippen molar-refractivity contribution < 1.29 is 17.9 Å². The normalized spacial score (nSPS) is 18.2. The molecule has 6 heteroatoms. The minimum absolute atomic E-state index is 0.0169. The number of ether oxygens (including phenoxy) is 1. The molecule has 1 fully saturated rings. The molecule has 2 rings (SSSR count). The maximum Gasteiger partial charge on any atom is 0.243 e. The van der Waals surface area contributed by atoms with Crippen molar-refractivity contribution in [2.45, 2.75) is 17.7 Å². The Labute approximate surface area is 113 Å². The lowest BCUT2D eigenvalue weighted by molar-refractivity contribution is -0.112. The highest BCUT2D eigenvalue weighted by Gasteiger charge is 2.29. The standard InChI is InChI=1S/C13H17NO4S/c1-18-12-3-2-4-13(9-12)19(16,17)14-7-5-11(10-15)6-8-14/h2-4,9-11H,5-8H2,1H3. The van der Waals surface area contributed by atoms with Crippen molar-refractivity contribution in [3.8, 4) is 5.75 Å². The van der Waals surface area contributed by atoms with Gasteiger partial charge in [0, 0.05) is 25.1 Å². The number of rotatable bonds is 4. The van der Waals surface area contributed by atoms with Crippen LogP contribution < -0.4 is 4.74 Å². The van der Waals surface area contributed by atoms with Crippen LogP contribution in [0.4, 0.5) is 0 Å². The summed E-state index contributed by atoms with van der Waals surface area (Å²) in [6, 6.07) is 6.44. The third kappa shape index (κ3) is 2.96. The molecular formula is C13H17NO4S. The molecule has 0 unspecified atom stereocenters. The monoisotopic (exact) mass is 283 g/mol. The second-order valence-electron chi connectivity index (χ2n) is 4.56. The molecule has 104 valence electrons. The van der Waals surface area contributed by atoms with Gasteiger partial charge in [-0.3, -0.25) is 0 Å². The second kappa shape index (κ2) is 5.71. The summed E-state index contributed by atoms with van der Waals surface area (Å²) in [5.41, 5.74) is 0. The van der Waals surface area contributed by atoms with E-state index in [-0.39, 0.29) is 10.8 Å². The van der Waals surface area contributed by atoms with Crippen LogP contribution in [0.5, 0.6) is 5.75 Å². The molecule has 0 amide bonds. The zero-order valence-corrected chi connectivity index (χ0v) is 11.6. The molecule has 1 aliphatic rings. The average molecular weight is 283 g/mol. The van der Waals surface area contributed by atoms with Gasteiger partial charge in [0.15, 0.2) is 0 Å². The van der Waals surface area contributed by atoms with Gasteiger partial charge >= 0.3 is 0 Å². The molecular weight excluding hydrogens is 266 g/mol. The lowest BCUT2D eigenvalue weighted by Gasteiger charge is -2.28. The summed E-state index contributed by atoms with van der Waals surface area (Å²) in [5.74, 6) is 0.501. The van der Waals surface area contributed by atoms with E-state index >= 15 is 0 Å². The van der Waals surface area contributed by atoms with Crippen molar-refractivity contribution in [3.63, 3.8) is 0 Å². The van der Waals surface area contributed by atoms with Gasteiger partial charge in [0.1, 0.15) is 12.0 Å². The first-order valence-electron chi connectivity index (χ1n) is 6.17. The van der Waals surface area contributed by atoms with Crippen LogP contribution in [0.1, 0.15) is 12.8 Å². The Kier molecular flexibility index (Phi) is 4.21. The van der Waals surface area contributed by atoms with E-state index in [1.165, 1.54) is 17.5 Å². The van der Waals surface area contributed by atoms with Crippen molar-refractivity contribution >= 4 is 16.3 Å². The summed E-state index contributed by atoms with van der Waals surface area (Å²) < 4.78 is 31.3. The molecule has 0 N–H and O–H groups in total. The molecule has 0 spiro atoms. The van der Waals surface area contributed by atoms with E-state index in [0.29, 0.717) is 31.7 Å². The van der Waals surface area contributed by atoms with Gasteiger partial charge in [0.2, 0.25) is 10.0 Å². The van der Waals surface area contributed by atoms with E-state index in [1.807, 2.05) is 0 Å². The summed E-state index contributed by atoms with van der Waals surface area (Å²) >= 11 is 0. The van der Waals surface area contributed by atoms with Gasteiger partial charge in [0.05, 0.1) is 12.0 Å². The molecule has 1 saturated heterocycles. The number of carbonyl (C=O) groups is 1. The van der Waals surface area contributed by atoms with Crippen molar-refractivity contribution in [3.05, 3.63) is 24.3 Å². The predicted molar refractivity (Wildman–Crippen MR) is 70.5 cm³/mol. The molecule has 0 atom stereocenters. The van der Waals surface area contributed by atoms with E-state index in [1.54, 1.807) is 18.2 Å². The topological polar surface area (TPSA) is 63.7 Å². The number of hydrogen-bond donors (Lipinski definition) is 0. The molecule has 0 aliphatic carbocycles. The third-order valence-electron chi connectivity index (χ3n) is 3.37. The molecule has 1 aromatic carbocycles. The summed E-state index contributed by atoms with van der Waals surface area (Å²) in [5, 5.41) is 0. The lowest BCUT2D eigenvalue weighted by Crippen LogP contribution is -2.38. The SMILES string of the molecule is COc1cccc(S(=O)(=O)N2CCC(C=O)CC2)c1. The number of sulfonamides is 1. The molecule has 1 heterocycles. The quantitative estimate of drug-likeness (QED) is 0.781. The van der Waals surface area contributed by atoms with Gasteiger partial charge in [-0.05, 0) is 25.0 Å². The molecule has 1 aliphatic heterocycles. The minimum Gasteiger partial charge on any atom is -0.497 e. The first-order chi connectivity index (χ1) is 9.07. The fourth-order valence-electron chi connectivity index (χ4n) is 2.16. The van der Waals surface area contributed by atoms with Crippen LogP contribution in [0.15, 0.2) is 29.2 Å². The maximum absolute atomic E-state index is 12.4. The van der Waals surface area contributed by atoms with Crippen LogP contribution in [0.2, 0.25) is 0 Å². The Hall–Kier alpha value is -1.40. The maximum atomic E-state index is 12.4. The molecule has 1 aromatic rings. The molecule has 0 radical (unpaired) electrons. The Bertz CT molecular complexity index is 548. The molecule has 5 nitrogen and oxygen atoms in total. The zero-order valence-electron chi connectivity index (χ0n) is 10.8. The molecule has 19 heavy (non-hydrogen) atoms. The van der Waals surface area contributed by atoms with Crippen LogP contribution in [0, 0.1) is 5.92 Å². The summed E-state index contributed by atoms with van der Waals surface area (Å²) in [6.07, 6.45) is 2.09. The highest BCUT2D eigenvalue weighted by atomic mass is 32.2. The van der Waals surface area contributed by atoms with E-state index in [2.05, 4.69) is 0 Å². The van der Waals surface area contributed by atoms with Gasteiger partial charge in [-0.15, -0.1) is 0 Å². The Balaban J connectivity index is 2.20. The number of hydrogen-bond acceptors (Lipinski definition) is 4. The Morgan fingerprint density at radius 2 is 2.00 bits per heavy atom. The van der Waals surface area contributed by atoms with Crippen molar-refractivity contribution in [1.29, 1.82) is 0 Å². The van der Waals surface area contributed by atoms with Gasteiger partial charge in [0.25, 0.3) is 0 Å². The number of nitrogens with zero attached hydrogens (tertiary/aromatic N) is 1.